The van der Waals surface area contributed by atoms with Gasteiger partial charge in [0.15, 0.2) is 0 Å². The Labute approximate surface area is 225 Å². The molecule has 1 N–H and O–H groups in total. The summed E-state index contributed by atoms with van der Waals surface area (Å²) in [4.78, 5) is 28.1. The predicted molar refractivity (Wildman–Crippen MR) is 145 cm³/mol. The topological polar surface area (TPSA) is 86.8 Å². The van der Waals surface area contributed by atoms with Gasteiger partial charge in [-0.1, -0.05) is 61.7 Å². The molecule has 0 fully saturated rings. The van der Waals surface area contributed by atoms with Gasteiger partial charge in [-0.2, -0.15) is 0 Å². The largest absolute Gasteiger partial charge is 0.354 e. The molecule has 1 unspecified atom stereocenters. The van der Waals surface area contributed by atoms with Crippen LogP contribution in [0.1, 0.15) is 38.7 Å². The zero-order chi connectivity index (χ0) is 26.2. The van der Waals surface area contributed by atoms with Crippen LogP contribution >= 0.6 is 39.1 Å². The molecule has 1 atom stereocenters. The number of halogens is 3. The fourth-order valence-corrected chi connectivity index (χ4v) is 5.52. The average molecular weight is 607 g/mol. The van der Waals surface area contributed by atoms with E-state index in [0.717, 1.165) is 23.4 Å². The number of rotatable bonds is 12. The van der Waals surface area contributed by atoms with Crippen molar-refractivity contribution in [3.05, 3.63) is 62.5 Å². The minimum absolute atomic E-state index is 0.0510. The van der Waals surface area contributed by atoms with Crippen molar-refractivity contribution in [2.45, 2.75) is 45.7 Å². The van der Waals surface area contributed by atoms with Crippen molar-refractivity contribution >= 4 is 66.7 Å². The van der Waals surface area contributed by atoms with Gasteiger partial charge in [-0.3, -0.25) is 13.9 Å². The Balaban J connectivity index is 2.48. The van der Waals surface area contributed by atoms with Crippen LogP contribution in [0.2, 0.25) is 10.0 Å². The summed E-state index contributed by atoms with van der Waals surface area (Å²) in [6, 6.07) is 10.9. The first-order valence-electron chi connectivity index (χ1n) is 11.2. The Kier molecular flexibility index (Phi) is 11.3. The number of para-hydroxylation sites is 1. The van der Waals surface area contributed by atoms with E-state index in [0.29, 0.717) is 38.7 Å². The van der Waals surface area contributed by atoms with Crippen molar-refractivity contribution < 1.29 is 18.0 Å². The van der Waals surface area contributed by atoms with Crippen molar-refractivity contribution in [3.63, 3.8) is 0 Å². The first-order valence-corrected chi connectivity index (χ1v) is 14.6. The molecule has 11 heteroatoms. The number of carbonyl (C=O) groups is 2. The number of unbranched alkanes of at least 4 members (excludes halogenated alkanes) is 1. The summed E-state index contributed by atoms with van der Waals surface area (Å²) in [6.45, 7) is 3.74. The van der Waals surface area contributed by atoms with Crippen LogP contribution < -0.4 is 9.62 Å². The van der Waals surface area contributed by atoms with Gasteiger partial charge in [-0.25, -0.2) is 8.42 Å². The van der Waals surface area contributed by atoms with Gasteiger partial charge in [0.05, 0.1) is 11.9 Å². The van der Waals surface area contributed by atoms with Crippen LogP contribution in [0, 0.1) is 0 Å². The zero-order valence-corrected chi connectivity index (χ0v) is 23.8. The van der Waals surface area contributed by atoms with Crippen molar-refractivity contribution in [3.8, 4) is 0 Å². The predicted octanol–water partition coefficient (Wildman–Crippen LogP) is 5.25. The van der Waals surface area contributed by atoms with E-state index in [1.807, 2.05) is 6.92 Å². The van der Waals surface area contributed by atoms with Crippen LogP contribution in [-0.2, 0) is 26.2 Å². The van der Waals surface area contributed by atoms with Gasteiger partial charge in [-0.05, 0) is 53.0 Å². The molecule has 2 aromatic rings. The van der Waals surface area contributed by atoms with Gasteiger partial charge in [0.25, 0.3) is 0 Å². The summed E-state index contributed by atoms with van der Waals surface area (Å²) in [5, 5.41) is 3.57. The molecule has 0 aliphatic rings. The molecule has 0 saturated heterocycles. The third kappa shape index (κ3) is 8.10. The highest BCUT2D eigenvalue weighted by molar-refractivity contribution is 9.10. The highest BCUT2D eigenvalue weighted by atomic mass is 79.9. The number of amides is 2. The molecular weight excluding hydrogens is 577 g/mol. The highest BCUT2D eigenvalue weighted by Gasteiger charge is 2.32. The van der Waals surface area contributed by atoms with Gasteiger partial charge >= 0.3 is 0 Å². The molecule has 192 valence electrons. The first-order chi connectivity index (χ1) is 16.5. The third-order valence-electron chi connectivity index (χ3n) is 5.41. The molecule has 0 saturated carbocycles. The second-order valence-electron chi connectivity index (χ2n) is 8.01. The second-order valence-corrected chi connectivity index (χ2v) is 11.6. The molecule has 0 aliphatic heterocycles. The fourth-order valence-electron chi connectivity index (χ4n) is 3.53. The normalized spacial score (nSPS) is 12.2. The second kappa shape index (κ2) is 13.5. The molecule has 2 aromatic carbocycles. The maximum absolute atomic E-state index is 13.7. The fraction of sp³-hybridized carbons (Fsp3) is 0.417. The van der Waals surface area contributed by atoms with Gasteiger partial charge in [-0.15, -0.1) is 0 Å². The summed E-state index contributed by atoms with van der Waals surface area (Å²) in [7, 11) is -3.83. The molecule has 0 radical (unpaired) electrons. The van der Waals surface area contributed by atoms with Crippen LogP contribution in [0.3, 0.4) is 0 Å². The molecule has 0 aliphatic carbocycles. The van der Waals surface area contributed by atoms with Crippen LogP contribution in [0.4, 0.5) is 5.69 Å². The van der Waals surface area contributed by atoms with Gasteiger partial charge in [0.1, 0.15) is 12.6 Å². The lowest BCUT2D eigenvalue weighted by atomic mass is 10.1. The van der Waals surface area contributed by atoms with Gasteiger partial charge in [0.2, 0.25) is 21.8 Å². The Bertz CT molecular complexity index is 1130. The van der Waals surface area contributed by atoms with E-state index in [1.165, 1.54) is 4.90 Å². The lowest BCUT2D eigenvalue weighted by molar-refractivity contribution is -0.140. The molecule has 7 nitrogen and oxygen atoms in total. The SMILES string of the molecule is CCCCNC(=O)C(CC)N(Cc1c(Cl)cccc1Cl)C(=O)CN(c1ccccc1Br)S(C)(=O)=O. The summed E-state index contributed by atoms with van der Waals surface area (Å²) in [5.74, 6) is -0.871. The maximum atomic E-state index is 13.7. The number of benzene rings is 2. The minimum atomic E-state index is -3.83. The molecule has 0 aromatic heterocycles. The van der Waals surface area contributed by atoms with Crippen molar-refractivity contribution in [1.82, 2.24) is 10.2 Å². The molecule has 0 bridgehead atoms. The van der Waals surface area contributed by atoms with E-state index < -0.39 is 28.5 Å². The summed E-state index contributed by atoms with van der Waals surface area (Å²) >= 11 is 16.1. The van der Waals surface area contributed by atoms with E-state index in [4.69, 9.17) is 23.2 Å². The monoisotopic (exact) mass is 605 g/mol. The Morgan fingerprint density at radius 3 is 2.23 bits per heavy atom. The summed E-state index contributed by atoms with van der Waals surface area (Å²) in [6.07, 6.45) is 3.06. The minimum Gasteiger partial charge on any atom is -0.354 e. The lowest BCUT2D eigenvalue weighted by Gasteiger charge is -2.33. The highest BCUT2D eigenvalue weighted by Crippen LogP contribution is 2.30. The van der Waals surface area contributed by atoms with Crippen molar-refractivity contribution in [2.75, 3.05) is 23.7 Å². The Morgan fingerprint density at radius 2 is 1.69 bits per heavy atom. The molecule has 2 rings (SSSR count). The van der Waals surface area contributed by atoms with Crippen LogP contribution in [0.15, 0.2) is 46.9 Å². The quantitative estimate of drug-likeness (QED) is 0.335. The smallest absolute Gasteiger partial charge is 0.244 e. The number of anilines is 1. The Morgan fingerprint density at radius 1 is 1.06 bits per heavy atom. The van der Waals surface area contributed by atoms with Crippen LogP contribution in [0.5, 0.6) is 0 Å². The van der Waals surface area contributed by atoms with Crippen LogP contribution in [0.25, 0.3) is 0 Å². The lowest BCUT2D eigenvalue weighted by Crippen LogP contribution is -2.52. The van der Waals surface area contributed by atoms with E-state index in [1.54, 1.807) is 49.4 Å². The number of hydrogen-bond donors (Lipinski definition) is 1. The molecule has 2 amide bonds. The number of nitrogens with zero attached hydrogens (tertiary/aromatic N) is 2. The zero-order valence-electron chi connectivity index (χ0n) is 19.9. The number of sulfonamides is 1. The number of nitrogens with one attached hydrogen (secondary N) is 1. The first kappa shape index (κ1) is 29.4. The average Bonchev–Trinajstić information content (AvgIpc) is 2.79. The molecule has 35 heavy (non-hydrogen) atoms. The summed E-state index contributed by atoms with van der Waals surface area (Å²) < 4.78 is 26.9. The maximum Gasteiger partial charge on any atom is 0.244 e. The van der Waals surface area contributed by atoms with Crippen LogP contribution in [-0.4, -0.2) is 50.5 Å². The standard InChI is InChI=1S/C24H30BrCl2N3O4S/c1-4-6-14-28-24(32)21(5-2)29(15-17-19(26)11-9-12-20(17)27)23(31)16-30(35(3,33)34)22-13-8-7-10-18(22)25/h7-13,21H,4-6,14-16H2,1-3H3,(H,28,32). The van der Waals surface area contributed by atoms with Gasteiger partial charge < -0.3 is 10.2 Å². The Hall–Kier alpha value is -1.81. The third-order valence-corrected chi connectivity index (χ3v) is 7.91. The van der Waals surface area contributed by atoms with Crippen molar-refractivity contribution in [2.24, 2.45) is 0 Å². The number of carbonyl (C=O) groups excluding carboxylic acids is 2. The van der Waals surface area contributed by atoms with Crippen molar-refractivity contribution in [1.29, 1.82) is 0 Å². The molecular formula is C24H30BrCl2N3O4S. The van der Waals surface area contributed by atoms with E-state index in [-0.39, 0.29) is 12.5 Å². The van der Waals surface area contributed by atoms with E-state index in [9.17, 15) is 18.0 Å². The van der Waals surface area contributed by atoms with Gasteiger partial charge in [0, 0.05) is 33.2 Å². The van der Waals surface area contributed by atoms with E-state index in [2.05, 4.69) is 21.2 Å². The summed E-state index contributed by atoms with van der Waals surface area (Å²) in [5.41, 5.74) is 0.801. The number of hydrogen-bond acceptors (Lipinski definition) is 4. The molecule has 0 heterocycles. The molecule has 0 spiro atoms. The van der Waals surface area contributed by atoms with E-state index >= 15 is 0 Å².